The molecular weight excluding hydrogens is 414 g/mol. The van der Waals surface area contributed by atoms with Crippen LogP contribution in [0.4, 0.5) is 5.69 Å². The van der Waals surface area contributed by atoms with Crippen LogP contribution in [0.15, 0.2) is 48.8 Å². The maximum absolute atomic E-state index is 13.0. The average molecular weight is 450 g/mol. The Bertz CT molecular complexity index is 952. The molecule has 7 heteroatoms. The number of nitrogens with zero attached hydrogens (tertiary/aromatic N) is 2. The molecule has 1 aliphatic heterocycles. The quantitative estimate of drug-likeness (QED) is 0.376. The molecule has 0 unspecified atom stereocenters. The Labute approximate surface area is 196 Å². The molecule has 1 amide bonds. The first-order valence-corrected chi connectivity index (χ1v) is 11.7. The summed E-state index contributed by atoms with van der Waals surface area (Å²) in [5, 5.41) is 10.9. The third kappa shape index (κ3) is 6.81. The van der Waals surface area contributed by atoms with Gasteiger partial charge in [-0.05, 0) is 44.4 Å². The number of benzene rings is 1. The summed E-state index contributed by atoms with van der Waals surface area (Å²) in [4.78, 5) is 19.4. The van der Waals surface area contributed by atoms with Crippen LogP contribution in [0, 0.1) is 11.3 Å². The van der Waals surface area contributed by atoms with E-state index in [1.54, 1.807) is 18.5 Å². The largest absolute Gasteiger partial charge is 0.491 e. The summed E-state index contributed by atoms with van der Waals surface area (Å²) in [5.74, 6) is 0.796. The van der Waals surface area contributed by atoms with Gasteiger partial charge in [-0.25, -0.2) is 0 Å². The van der Waals surface area contributed by atoms with Crippen LogP contribution in [0.25, 0.3) is 6.08 Å². The molecule has 1 aliphatic rings. The first-order valence-electron chi connectivity index (χ1n) is 11.7. The molecule has 1 atom stereocenters. The summed E-state index contributed by atoms with van der Waals surface area (Å²) in [7, 11) is 0. The van der Waals surface area contributed by atoms with Crippen LogP contribution in [0.1, 0.15) is 50.7 Å². The number of allylic oxidation sites excluding steroid dienone is 1. The fourth-order valence-corrected chi connectivity index (χ4v) is 4.15. The predicted octanol–water partition coefficient (Wildman–Crippen LogP) is 3.98. The fourth-order valence-electron chi connectivity index (χ4n) is 4.15. The SMILES string of the molecule is C/C=C/c1ccc(C(=N)N)cc1OC[C@H](CCC)NC(=O)C1CCN(c2ccncc2)CC1. The number of amides is 1. The number of aromatic nitrogens is 1. The van der Waals surface area contributed by atoms with Crippen LogP contribution in [-0.4, -0.2) is 42.5 Å². The highest BCUT2D eigenvalue weighted by atomic mass is 16.5. The van der Waals surface area contributed by atoms with Crippen molar-refractivity contribution in [1.29, 1.82) is 5.41 Å². The second-order valence-electron chi connectivity index (χ2n) is 8.44. The number of nitrogens with two attached hydrogens (primary N) is 1. The highest BCUT2D eigenvalue weighted by molar-refractivity contribution is 5.95. The van der Waals surface area contributed by atoms with E-state index >= 15 is 0 Å². The minimum atomic E-state index is -0.0693. The zero-order chi connectivity index (χ0) is 23.6. The molecule has 176 valence electrons. The Kier molecular flexibility index (Phi) is 8.87. The molecule has 0 saturated carbocycles. The number of carbonyl (C=O) groups is 1. The van der Waals surface area contributed by atoms with Gasteiger partial charge in [0.1, 0.15) is 18.2 Å². The molecule has 4 N–H and O–H groups in total. The molecule has 0 aliphatic carbocycles. The van der Waals surface area contributed by atoms with Gasteiger partial charge >= 0.3 is 0 Å². The minimum absolute atomic E-state index is 0.00315. The second-order valence-corrected chi connectivity index (χ2v) is 8.44. The number of nitrogens with one attached hydrogen (secondary N) is 2. The molecule has 1 aromatic heterocycles. The highest BCUT2D eigenvalue weighted by Gasteiger charge is 2.26. The molecule has 0 bridgehead atoms. The summed E-state index contributed by atoms with van der Waals surface area (Å²) in [6, 6.07) is 9.46. The molecule has 2 aromatic rings. The number of hydrogen-bond donors (Lipinski definition) is 3. The molecule has 0 spiro atoms. The van der Waals surface area contributed by atoms with Crippen molar-refractivity contribution in [2.45, 2.75) is 45.6 Å². The lowest BCUT2D eigenvalue weighted by molar-refractivity contribution is -0.126. The zero-order valence-electron chi connectivity index (χ0n) is 19.6. The lowest BCUT2D eigenvalue weighted by Gasteiger charge is -2.33. The van der Waals surface area contributed by atoms with E-state index in [0.717, 1.165) is 50.0 Å². The Morgan fingerprint density at radius 3 is 2.67 bits per heavy atom. The third-order valence-electron chi connectivity index (χ3n) is 5.99. The molecule has 2 heterocycles. The van der Waals surface area contributed by atoms with Gasteiger partial charge in [0.25, 0.3) is 0 Å². The van der Waals surface area contributed by atoms with Gasteiger partial charge in [-0.2, -0.15) is 0 Å². The van der Waals surface area contributed by atoms with Crippen molar-refractivity contribution in [3.05, 3.63) is 59.9 Å². The van der Waals surface area contributed by atoms with E-state index < -0.39 is 0 Å². The maximum Gasteiger partial charge on any atom is 0.223 e. The van der Waals surface area contributed by atoms with E-state index in [0.29, 0.717) is 17.9 Å². The number of piperidine rings is 1. The van der Waals surface area contributed by atoms with E-state index in [-0.39, 0.29) is 23.7 Å². The van der Waals surface area contributed by atoms with Crippen molar-refractivity contribution in [2.24, 2.45) is 11.7 Å². The Balaban J connectivity index is 1.58. The van der Waals surface area contributed by atoms with Crippen LogP contribution >= 0.6 is 0 Å². The van der Waals surface area contributed by atoms with Crippen molar-refractivity contribution in [3.8, 4) is 5.75 Å². The van der Waals surface area contributed by atoms with E-state index in [1.807, 2.05) is 43.3 Å². The van der Waals surface area contributed by atoms with E-state index in [2.05, 4.69) is 22.1 Å². The van der Waals surface area contributed by atoms with Crippen LogP contribution in [0.3, 0.4) is 0 Å². The summed E-state index contributed by atoms with van der Waals surface area (Å²) in [6.45, 7) is 6.15. The maximum atomic E-state index is 13.0. The van der Waals surface area contributed by atoms with E-state index in [1.165, 1.54) is 0 Å². The number of rotatable bonds is 10. The topological polar surface area (TPSA) is 104 Å². The van der Waals surface area contributed by atoms with Gasteiger partial charge in [-0.1, -0.05) is 37.6 Å². The lowest BCUT2D eigenvalue weighted by atomic mass is 9.95. The van der Waals surface area contributed by atoms with Gasteiger partial charge in [0.2, 0.25) is 5.91 Å². The zero-order valence-corrected chi connectivity index (χ0v) is 19.6. The Hall–Kier alpha value is -3.35. The van der Waals surface area contributed by atoms with Crippen LogP contribution in [0.2, 0.25) is 0 Å². The summed E-state index contributed by atoms with van der Waals surface area (Å²) >= 11 is 0. The standard InChI is InChI=1S/C26H35N5O2/c1-3-5-19-7-8-21(25(27)28)17-24(19)33-18-22(6-4-2)30-26(32)20-11-15-31(16-12-20)23-9-13-29-14-10-23/h3,5,7-10,13-14,17,20,22H,4,6,11-12,15-16,18H2,1-2H3,(H3,27,28)(H,30,32)/b5-3+/t22-/m0/s1. The average Bonchev–Trinajstić information content (AvgIpc) is 2.84. The summed E-state index contributed by atoms with van der Waals surface area (Å²) in [5.41, 5.74) is 8.35. The molecule has 1 saturated heterocycles. The molecule has 3 rings (SSSR count). The van der Waals surface area contributed by atoms with Gasteiger partial charge in [0, 0.05) is 48.2 Å². The number of hydrogen-bond acceptors (Lipinski definition) is 5. The van der Waals surface area contributed by atoms with Gasteiger partial charge in [0.15, 0.2) is 0 Å². The number of nitrogen functional groups attached to an aromatic ring is 1. The van der Waals surface area contributed by atoms with E-state index in [4.69, 9.17) is 15.9 Å². The molecule has 1 fully saturated rings. The number of anilines is 1. The van der Waals surface area contributed by atoms with Crippen molar-refractivity contribution < 1.29 is 9.53 Å². The van der Waals surface area contributed by atoms with Crippen molar-refractivity contribution >= 4 is 23.5 Å². The second kappa shape index (κ2) is 12.0. The summed E-state index contributed by atoms with van der Waals surface area (Å²) in [6.07, 6.45) is 11.0. The summed E-state index contributed by atoms with van der Waals surface area (Å²) < 4.78 is 6.13. The Morgan fingerprint density at radius 1 is 1.30 bits per heavy atom. The van der Waals surface area contributed by atoms with Gasteiger partial charge in [-0.15, -0.1) is 0 Å². The van der Waals surface area contributed by atoms with Crippen molar-refractivity contribution in [2.75, 3.05) is 24.6 Å². The van der Waals surface area contributed by atoms with Crippen LogP contribution < -0.4 is 20.7 Å². The van der Waals surface area contributed by atoms with Crippen molar-refractivity contribution in [1.82, 2.24) is 10.3 Å². The predicted molar refractivity (Wildman–Crippen MR) is 134 cm³/mol. The van der Waals surface area contributed by atoms with Crippen LogP contribution in [0.5, 0.6) is 5.75 Å². The smallest absolute Gasteiger partial charge is 0.223 e. The van der Waals surface area contributed by atoms with Gasteiger partial charge < -0.3 is 20.7 Å². The normalized spacial score (nSPS) is 15.4. The first-order chi connectivity index (χ1) is 16.0. The molecule has 0 radical (unpaired) electrons. The number of pyridine rings is 1. The highest BCUT2D eigenvalue weighted by Crippen LogP contribution is 2.24. The number of carbonyl (C=O) groups excluding carboxylic acids is 1. The molecule has 33 heavy (non-hydrogen) atoms. The number of amidine groups is 1. The fraction of sp³-hybridized carbons (Fsp3) is 0.423. The monoisotopic (exact) mass is 449 g/mol. The number of ether oxygens (including phenoxy) is 1. The van der Waals surface area contributed by atoms with E-state index in [9.17, 15) is 4.79 Å². The molecule has 7 nitrogen and oxygen atoms in total. The first kappa shape index (κ1) is 24.3. The Morgan fingerprint density at radius 2 is 2.03 bits per heavy atom. The molecule has 1 aromatic carbocycles. The van der Waals surface area contributed by atoms with Crippen LogP contribution in [-0.2, 0) is 4.79 Å². The molecular formula is C26H35N5O2. The third-order valence-corrected chi connectivity index (χ3v) is 5.99. The lowest BCUT2D eigenvalue weighted by Crippen LogP contribution is -2.45. The minimum Gasteiger partial charge on any atom is -0.491 e. The van der Waals surface area contributed by atoms with Gasteiger partial charge in [-0.3, -0.25) is 15.2 Å². The van der Waals surface area contributed by atoms with Crippen molar-refractivity contribution in [3.63, 3.8) is 0 Å². The van der Waals surface area contributed by atoms with Gasteiger partial charge in [0.05, 0.1) is 6.04 Å².